The van der Waals surface area contributed by atoms with Crippen molar-refractivity contribution in [2.45, 2.75) is 38.8 Å². The number of nitrogens with two attached hydrogens (primary N) is 1. The Labute approximate surface area is 108 Å². The summed E-state index contributed by atoms with van der Waals surface area (Å²) in [6.07, 6.45) is 2.03. The van der Waals surface area contributed by atoms with Crippen molar-refractivity contribution in [1.82, 2.24) is 5.32 Å². The highest BCUT2D eigenvalue weighted by atomic mass is 35.5. The molecule has 0 saturated heterocycles. The molecule has 0 heterocycles. The monoisotopic (exact) mass is 254 g/mol. The van der Waals surface area contributed by atoms with Gasteiger partial charge in [-0.3, -0.25) is 4.79 Å². The van der Waals surface area contributed by atoms with Crippen LogP contribution in [0, 0.1) is 6.92 Å². The van der Waals surface area contributed by atoms with Gasteiger partial charge in [0.1, 0.15) is 0 Å². The van der Waals surface area contributed by atoms with Crippen LogP contribution in [-0.2, 0) is 11.2 Å². The molecule has 0 fully saturated rings. The van der Waals surface area contributed by atoms with Gasteiger partial charge in [-0.15, -0.1) is 12.4 Å². The molecular weight excluding hydrogens is 236 g/mol. The number of hydrogen-bond acceptors (Lipinski definition) is 2. The molecule has 17 heavy (non-hydrogen) atoms. The lowest BCUT2D eigenvalue weighted by Gasteiger charge is -2.15. The Hall–Kier alpha value is -1.06. The van der Waals surface area contributed by atoms with Crippen LogP contribution in [0.4, 0.5) is 0 Å². The highest BCUT2D eigenvalue weighted by Crippen LogP contribution is 2.31. The molecule has 0 aliphatic heterocycles. The first-order valence-electron chi connectivity index (χ1n) is 5.73. The summed E-state index contributed by atoms with van der Waals surface area (Å²) in [5.41, 5.74) is 9.43. The minimum absolute atomic E-state index is 0. The third-order valence-corrected chi connectivity index (χ3v) is 3.11. The van der Waals surface area contributed by atoms with Gasteiger partial charge < -0.3 is 11.1 Å². The van der Waals surface area contributed by atoms with Crippen LogP contribution in [0.2, 0.25) is 0 Å². The van der Waals surface area contributed by atoms with Crippen molar-refractivity contribution < 1.29 is 4.79 Å². The van der Waals surface area contributed by atoms with Crippen LogP contribution in [0.25, 0.3) is 0 Å². The summed E-state index contributed by atoms with van der Waals surface area (Å²) in [6, 6.07) is 6.12. The van der Waals surface area contributed by atoms with E-state index in [1.807, 2.05) is 0 Å². The van der Waals surface area contributed by atoms with Gasteiger partial charge in [-0.2, -0.15) is 0 Å². The lowest BCUT2D eigenvalue weighted by atomic mass is 10.1. The number of nitrogens with one attached hydrogen (secondary N) is 1. The number of aryl methyl sites for hydroxylation is 2. The number of amides is 1. The van der Waals surface area contributed by atoms with Crippen LogP contribution < -0.4 is 11.1 Å². The molecule has 0 aromatic heterocycles. The first kappa shape index (κ1) is 14.0. The van der Waals surface area contributed by atoms with Crippen LogP contribution in [0.5, 0.6) is 0 Å². The number of carbonyl (C=O) groups excluding carboxylic acids is 1. The molecule has 3 N–H and O–H groups in total. The molecule has 4 heteroatoms. The first-order valence-corrected chi connectivity index (χ1v) is 5.73. The second kappa shape index (κ2) is 5.52. The normalized spacial score (nSPS) is 19.1. The molecule has 1 amide bonds. The summed E-state index contributed by atoms with van der Waals surface area (Å²) in [6.45, 7) is 3.80. The molecule has 1 aliphatic rings. The maximum Gasteiger partial charge on any atom is 0.237 e. The summed E-state index contributed by atoms with van der Waals surface area (Å²) in [4.78, 5) is 11.5. The molecule has 0 spiro atoms. The van der Waals surface area contributed by atoms with Crippen LogP contribution in [-0.4, -0.2) is 11.9 Å². The van der Waals surface area contributed by atoms with Crippen molar-refractivity contribution in [3.8, 4) is 0 Å². The summed E-state index contributed by atoms with van der Waals surface area (Å²) < 4.78 is 0. The standard InChI is InChI=1S/C13H18N2O.ClH/c1-8-3-5-11-10(7-8)4-6-12(11)15-13(16)9(2)14;/h3,5,7,9,12H,4,6,14H2,1-2H3,(H,15,16);1H/t9-,12?;/m1./s1. The molecule has 0 saturated carbocycles. The van der Waals surface area contributed by atoms with E-state index in [9.17, 15) is 4.79 Å². The van der Waals surface area contributed by atoms with Crippen LogP contribution in [0.3, 0.4) is 0 Å². The fraction of sp³-hybridized carbons (Fsp3) is 0.462. The largest absolute Gasteiger partial charge is 0.348 e. The van der Waals surface area contributed by atoms with Gasteiger partial charge in [0.15, 0.2) is 0 Å². The predicted molar refractivity (Wildman–Crippen MR) is 71.3 cm³/mol. The van der Waals surface area contributed by atoms with E-state index in [-0.39, 0.29) is 24.4 Å². The van der Waals surface area contributed by atoms with E-state index in [1.54, 1.807) is 6.92 Å². The topological polar surface area (TPSA) is 55.1 Å². The van der Waals surface area contributed by atoms with Crippen molar-refractivity contribution in [3.05, 3.63) is 34.9 Å². The second-order valence-corrected chi connectivity index (χ2v) is 4.59. The van der Waals surface area contributed by atoms with Crippen molar-refractivity contribution in [3.63, 3.8) is 0 Å². The zero-order chi connectivity index (χ0) is 11.7. The number of fused-ring (bicyclic) bond motifs is 1. The van der Waals surface area contributed by atoms with E-state index in [2.05, 4.69) is 30.4 Å². The maximum atomic E-state index is 11.5. The Morgan fingerprint density at radius 2 is 2.24 bits per heavy atom. The highest BCUT2D eigenvalue weighted by Gasteiger charge is 2.24. The number of hydrogen-bond donors (Lipinski definition) is 2. The quantitative estimate of drug-likeness (QED) is 0.847. The molecule has 1 aromatic carbocycles. The van der Waals surface area contributed by atoms with E-state index in [0.717, 1.165) is 12.8 Å². The zero-order valence-electron chi connectivity index (χ0n) is 10.2. The lowest BCUT2D eigenvalue weighted by molar-refractivity contribution is -0.122. The Bertz CT molecular complexity index is 418. The average molecular weight is 255 g/mol. The third-order valence-electron chi connectivity index (χ3n) is 3.11. The maximum absolute atomic E-state index is 11.5. The molecule has 3 nitrogen and oxygen atoms in total. The minimum atomic E-state index is -0.436. The molecule has 94 valence electrons. The third kappa shape index (κ3) is 2.99. The number of halogens is 1. The molecule has 1 unspecified atom stereocenters. The Kier molecular flexibility index (Phi) is 4.54. The van der Waals surface area contributed by atoms with Crippen molar-refractivity contribution in [2.24, 2.45) is 5.73 Å². The zero-order valence-corrected chi connectivity index (χ0v) is 11.0. The smallest absolute Gasteiger partial charge is 0.237 e. The van der Waals surface area contributed by atoms with Gasteiger partial charge in [0.25, 0.3) is 0 Å². The Morgan fingerprint density at radius 3 is 2.88 bits per heavy atom. The highest BCUT2D eigenvalue weighted by molar-refractivity contribution is 5.85. The van der Waals surface area contributed by atoms with Crippen molar-refractivity contribution in [2.75, 3.05) is 0 Å². The molecule has 2 rings (SSSR count). The molecule has 1 aliphatic carbocycles. The number of benzene rings is 1. The van der Waals surface area contributed by atoms with Gasteiger partial charge in [0, 0.05) is 0 Å². The van der Waals surface area contributed by atoms with E-state index in [4.69, 9.17) is 5.73 Å². The summed E-state index contributed by atoms with van der Waals surface area (Å²) >= 11 is 0. The van der Waals surface area contributed by atoms with Gasteiger partial charge in [-0.05, 0) is 37.8 Å². The molecule has 2 atom stereocenters. The van der Waals surface area contributed by atoms with E-state index in [0.29, 0.717) is 0 Å². The fourth-order valence-corrected chi connectivity index (χ4v) is 2.20. The van der Waals surface area contributed by atoms with E-state index >= 15 is 0 Å². The second-order valence-electron chi connectivity index (χ2n) is 4.59. The summed E-state index contributed by atoms with van der Waals surface area (Å²) in [5, 5.41) is 2.99. The first-order chi connectivity index (χ1) is 7.58. The van der Waals surface area contributed by atoms with Gasteiger partial charge in [0.2, 0.25) is 5.91 Å². The molecular formula is C13H19ClN2O. The van der Waals surface area contributed by atoms with Gasteiger partial charge in [-0.25, -0.2) is 0 Å². The number of carbonyl (C=O) groups is 1. The van der Waals surface area contributed by atoms with E-state index < -0.39 is 6.04 Å². The molecule has 1 aromatic rings. The number of rotatable bonds is 2. The van der Waals surface area contributed by atoms with Crippen LogP contribution in [0.1, 0.15) is 36.1 Å². The molecule has 0 bridgehead atoms. The fourth-order valence-electron chi connectivity index (χ4n) is 2.20. The average Bonchev–Trinajstić information content (AvgIpc) is 2.60. The van der Waals surface area contributed by atoms with Crippen LogP contribution >= 0.6 is 12.4 Å². The van der Waals surface area contributed by atoms with Gasteiger partial charge >= 0.3 is 0 Å². The lowest BCUT2D eigenvalue weighted by Crippen LogP contribution is -2.39. The van der Waals surface area contributed by atoms with Gasteiger partial charge in [-0.1, -0.05) is 23.8 Å². The van der Waals surface area contributed by atoms with Gasteiger partial charge in [0.05, 0.1) is 12.1 Å². The summed E-state index contributed by atoms with van der Waals surface area (Å²) in [7, 11) is 0. The minimum Gasteiger partial charge on any atom is -0.348 e. The van der Waals surface area contributed by atoms with E-state index in [1.165, 1.54) is 16.7 Å². The SMILES string of the molecule is Cc1ccc2c(c1)CCC2NC(=O)[C@@H](C)N.Cl. The van der Waals surface area contributed by atoms with Crippen LogP contribution in [0.15, 0.2) is 18.2 Å². The van der Waals surface area contributed by atoms with Crippen molar-refractivity contribution in [1.29, 1.82) is 0 Å². The summed E-state index contributed by atoms with van der Waals surface area (Å²) in [5.74, 6) is -0.0709. The molecule has 0 radical (unpaired) electrons. The Balaban J connectivity index is 0.00000144. The Morgan fingerprint density at radius 1 is 1.53 bits per heavy atom. The predicted octanol–water partition coefficient (Wildman–Crippen LogP) is 1.87. The van der Waals surface area contributed by atoms with Crippen molar-refractivity contribution >= 4 is 18.3 Å².